The number of ether oxygens (including phenoxy) is 1. The van der Waals surface area contributed by atoms with E-state index in [0.29, 0.717) is 6.10 Å². The van der Waals surface area contributed by atoms with Crippen molar-refractivity contribution in [2.45, 2.75) is 38.3 Å². The predicted octanol–water partition coefficient (Wildman–Crippen LogP) is 1.10. The molecular formula is C12H24N2O. The highest BCUT2D eigenvalue weighted by molar-refractivity contribution is 4.80. The average Bonchev–Trinajstić information content (AvgIpc) is 2.62. The van der Waals surface area contributed by atoms with Crippen LogP contribution in [-0.2, 0) is 4.74 Å². The number of hydrogen-bond acceptors (Lipinski definition) is 3. The quantitative estimate of drug-likeness (QED) is 0.758. The molecule has 3 heteroatoms. The summed E-state index contributed by atoms with van der Waals surface area (Å²) in [6.07, 6.45) is 4.50. The van der Waals surface area contributed by atoms with Gasteiger partial charge >= 0.3 is 0 Å². The predicted molar refractivity (Wildman–Crippen MR) is 62.0 cm³/mol. The molecule has 1 aliphatic carbocycles. The Balaban J connectivity index is 1.64. The summed E-state index contributed by atoms with van der Waals surface area (Å²) >= 11 is 0. The Morgan fingerprint density at radius 2 is 2.27 bits per heavy atom. The van der Waals surface area contributed by atoms with E-state index >= 15 is 0 Å². The van der Waals surface area contributed by atoms with Gasteiger partial charge < -0.3 is 15.0 Å². The van der Waals surface area contributed by atoms with Crippen molar-refractivity contribution in [3.8, 4) is 0 Å². The Bertz CT molecular complexity index is 198. The maximum Gasteiger partial charge on any atom is 0.0826 e. The Labute approximate surface area is 93.2 Å². The van der Waals surface area contributed by atoms with Crippen molar-refractivity contribution in [2.75, 3.05) is 33.3 Å². The second kappa shape index (κ2) is 5.28. The van der Waals surface area contributed by atoms with E-state index in [-0.39, 0.29) is 0 Å². The van der Waals surface area contributed by atoms with E-state index in [0.717, 1.165) is 38.2 Å². The van der Waals surface area contributed by atoms with E-state index in [1.54, 1.807) is 0 Å². The lowest BCUT2D eigenvalue weighted by molar-refractivity contribution is -0.0192. The number of likely N-dealkylation sites (N-methyl/N-ethyl adjacent to an activating group) is 1. The fourth-order valence-electron chi connectivity index (χ4n) is 2.68. The molecule has 2 fully saturated rings. The molecule has 1 saturated heterocycles. The van der Waals surface area contributed by atoms with Gasteiger partial charge in [0.05, 0.1) is 12.7 Å². The van der Waals surface area contributed by atoms with Crippen LogP contribution in [0.3, 0.4) is 0 Å². The summed E-state index contributed by atoms with van der Waals surface area (Å²) in [6.45, 7) is 6.43. The second-order valence-electron chi connectivity index (χ2n) is 5.28. The molecule has 88 valence electrons. The van der Waals surface area contributed by atoms with E-state index in [1.165, 1.54) is 19.3 Å². The van der Waals surface area contributed by atoms with Crippen LogP contribution < -0.4 is 5.32 Å². The molecule has 0 unspecified atom stereocenters. The number of morpholine rings is 1. The van der Waals surface area contributed by atoms with Gasteiger partial charge in [-0.15, -0.1) is 0 Å². The molecule has 0 spiro atoms. The third kappa shape index (κ3) is 3.44. The van der Waals surface area contributed by atoms with Crippen LogP contribution in [-0.4, -0.2) is 50.3 Å². The molecule has 0 radical (unpaired) electrons. The van der Waals surface area contributed by atoms with Gasteiger partial charge in [-0.25, -0.2) is 0 Å². The fraction of sp³-hybridized carbons (Fsp3) is 1.00. The Morgan fingerprint density at radius 1 is 1.40 bits per heavy atom. The minimum atomic E-state index is 0.402. The largest absolute Gasteiger partial charge is 0.374 e. The van der Waals surface area contributed by atoms with Crippen LogP contribution in [0.15, 0.2) is 0 Å². The molecule has 15 heavy (non-hydrogen) atoms. The highest BCUT2D eigenvalue weighted by atomic mass is 16.5. The zero-order chi connectivity index (χ0) is 10.7. The molecule has 1 aliphatic heterocycles. The van der Waals surface area contributed by atoms with Crippen LogP contribution in [0, 0.1) is 5.92 Å². The van der Waals surface area contributed by atoms with Gasteiger partial charge in [-0.1, -0.05) is 6.92 Å². The molecule has 1 N–H and O–H groups in total. The third-order valence-electron chi connectivity index (χ3n) is 3.67. The minimum Gasteiger partial charge on any atom is -0.374 e. The first-order chi connectivity index (χ1) is 7.24. The highest BCUT2D eigenvalue weighted by Crippen LogP contribution is 2.24. The number of nitrogens with one attached hydrogen (secondary N) is 1. The summed E-state index contributed by atoms with van der Waals surface area (Å²) in [7, 11) is 2.17. The van der Waals surface area contributed by atoms with E-state index in [9.17, 15) is 0 Å². The molecular weight excluding hydrogens is 188 g/mol. The second-order valence-corrected chi connectivity index (χ2v) is 5.28. The summed E-state index contributed by atoms with van der Waals surface area (Å²) < 4.78 is 5.73. The lowest BCUT2D eigenvalue weighted by atomic mass is 10.1. The molecule has 1 saturated carbocycles. The van der Waals surface area contributed by atoms with E-state index in [4.69, 9.17) is 4.74 Å². The van der Waals surface area contributed by atoms with E-state index in [2.05, 4.69) is 24.2 Å². The van der Waals surface area contributed by atoms with Crippen LogP contribution >= 0.6 is 0 Å². The number of rotatable bonds is 3. The maximum absolute atomic E-state index is 5.73. The number of nitrogens with zero attached hydrogens (tertiary/aromatic N) is 1. The molecule has 0 aromatic carbocycles. The summed E-state index contributed by atoms with van der Waals surface area (Å²) in [5.41, 5.74) is 0. The monoisotopic (exact) mass is 212 g/mol. The van der Waals surface area contributed by atoms with Gasteiger partial charge in [0.15, 0.2) is 0 Å². The summed E-state index contributed by atoms with van der Waals surface area (Å²) in [5.74, 6) is 0.914. The molecule has 0 bridgehead atoms. The molecule has 3 nitrogen and oxygen atoms in total. The zero-order valence-electron chi connectivity index (χ0n) is 10.0. The van der Waals surface area contributed by atoms with Crippen LogP contribution in [0.25, 0.3) is 0 Å². The summed E-state index contributed by atoms with van der Waals surface area (Å²) in [6, 6.07) is 0.746. The average molecular weight is 212 g/mol. The van der Waals surface area contributed by atoms with E-state index < -0.39 is 0 Å². The standard InChI is InChI=1S/C12H24N2O/c1-10-3-4-11(7-10)13-8-12-9-14(2)5-6-15-12/h10-13H,3-9H2,1-2H3/t10-,11+,12+/m0/s1. The van der Waals surface area contributed by atoms with Crippen LogP contribution in [0.2, 0.25) is 0 Å². The first-order valence-corrected chi connectivity index (χ1v) is 6.27. The smallest absolute Gasteiger partial charge is 0.0826 e. The highest BCUT2D eigenvalue weighted by Gasteiger charge is 2.23. The molecule has 3 atom stereocenters. The maximum atomic E-state index is 5.73. The molecule has 0 aromatic rings. The third-order valence-corrected chi connectivity index (χ3v) is 3.67. The first-order valence-electron chi connectivity index (χ1n) is 6.27. The normalized spacial score (nSPS) is 38.4. The van der Waals surface area contributed by atoms with Crippen LogP contribution in [0.5, 0.6) is 0 Å². The van der Waals surface area contributed by atoms with Gasteiger partial charge in [-0.3, -0.25) is 0 Å². The van der Waals surface area contributed by atoms with Crippen LogP contribution in [0.1, 0.15) is 26.2 Å². The van der Waals surface area contributed by atoms with Crippen LogP contribution in [0.4, 0.5) is 0 Å². The van der Waals surface area contributed by atoms with Crippen molar-refractivity contribution in [3.05, 3.63) is 0 Å². The van der Waals surface area contributed by atoms with E-state index in [1.807, 2.05) is 0 Å². The van der Waals surface area contributed by atoms with Crippen molar-refractivity contribution >= 4 is 0 Å². The SMILES string of the molecule is C[C@H]1CC[C@@H](NC[C@@H]2CN(C)CCO2)C1. The molecule has 2 rings (SSSR count). The van der Waals surface area contributed by atoms with Gasteiger partial charge in [0.1, 0.15) is 0 Å². The minimum absolute atomic E-state index is 0.402. The van der Waals surface area contributed by atoms with Gasteiger partial charge in [0.2, 0.25) is 0 Å². The Kier molecular flexibility index (Phi) is 4.00. The molecule has 0 aromatic heterocycles. The fourth-order valence-corrected chi connectivity index (χ4v) is 2.68. The lowest BCUT2D eigenvalue weighted by Gasteiger charge is -2.31. The zero-order valence-corrected chi connectivity index (χ0v) is 10.0. The van der Waals surface area contributed by atoms with Crippen molar-refractivity contribution in [3.63, 3.8) is 0 Å². The molecule has 1 heterocycles. The lowest BCUT2D eigenvalue weighted by Crippen LogP contribution is -2.46. The first kappa shape index (κ1) is 11.4. The van der Waals surface area contributed by atoms with Crippen molar-refractivity contribution in [1.82, 2.24) is 10.2 Å². The molecule has 0 amide bonds. The number of hydrogen-bond donors (Lipinski definition) is 1. The Hall–Kier alpha value is -0.120. The van der Waals surface area contributed by atoms with Gasteiger partial charge in [0, 0.05) is 25.7 Å². The van der Waals surface area contributed by atoms with Gasteiger partial charge in [-0.05, 0) is 32.2 Å². The summed E-state index contributed by atoms with van der Waals surface area (Å²) in [5, 5.41) is 3.65. The van der Waals surface area contributed by atoms with Crippen molar-refractivity contribution in [1.29, 1.82) is 0 Å². The Morgan fingerprint density at radius 3 is 2.93 bits per heavy atom. The van der Waals surface area contributed by atoms with Crippen molar-refractivity contribution in [2.24, 2.45) is 5.92 Å². The molecule has 2 aliphatic rings. The van der Waals surface area contributed by atoms with Crippen molar-refractivity contribution < 1.29 is 4.74 Å². The van der Waals surface area contributed by atoms with Gasteiger partial charge in [0.25, 0.3) is 0 Å². The topological polar surface area (TPSA) is 24.5 Å². The van der Waals surface area contributed by atoms with Gasteiger partial charge in [-0.2, -0.15) is 0 Å². The summed E-state index contributed by atoms with van der Waals surface area (Å²) in [4.78, 5) is 2.35.